The number of carbonyl (C=O) groups is 3. The van der Waals surface area contributed by atoms with Gasteiger partial charge in [-0.25, -0.2) is 0 Å². The third-order valence-electron chi connectivity index (χ3n) is 13.7. The Morgan fingerprint density at radius 3 is 0.772 bits per heavy atom. The van der Waals surface area contributed by atoms with Crippen molar-refractivity contribution in [1.82, 2.24) is 0 Å². The number of rotatable bonds is 58. The predicted octanol–water partition coefficient (Wildman–Crippen LogP) is 22.5. The summed E-state index contributed by atoms with van der Waals surface area (Å²) in [6, 6.07) is 0. The van der Waals surface area contributed by atoms with Crippen LogP contribution in [0.1, 0.15) is 290 Å². The lowest BCUT2D eigenvalue weighted by molar-refractivity contribution is -0.167. The van der Waals surface area contributed by atoms with Gasteiger partial charge in [-0.3, -0.25) is 14.4 Å². The lowest BCUT2D eigenvalue weighted by Gasteiger charge is -2.18. The number of ether oxygens (including phenoxy) is 3. The van der Waals surface area contributed by atoms with Crippen LogP contribution in [0.2, 0.25) is 0 Å². The summed E-state index contributed by atoms with van der Waals surface area (Å²) in [5.41, 5.74) is 0. The Morgan fingerprint density at radius 2 is 0.494 bits per heavy atom. The molecule has 0 aliphatic rings. The van der Waals surface area contributed by atoms with Gasteiger partial charge in [0.05, 0.1) is 0 Å². The van der Waals surface area contributed by atoms with E-state index in [1.807, 2.05) is 0 Å². The number of hydrogen-bond donors (Lipinski definition) is 0. The maximum atomic E-state index is 12.8. The molecule has 0 spiro atoms. The van der Waals surface area contributed by atoms with Crippen LogP contribution in [0.4, 0.5) is 0 Å². The first-order valence-corrected chi connectivity index (χ1v) is 32.7. The molecular formula is C73H120O6. The quantitative estimate of drug-likeness (QED) is 0.0261. The lowest BCUT2D eigenvalue weighted by Crippen LogP contribution is -2.30. The molecular weight excluding hydrogens is 973 g/mol. The normalized spacial score (nSPS) is 13.0. The Bertz CT molecular complexity index is 1680. The second-order valence-electron chi connectivity index (χ2n) is 21.3. The molecule has 0 aromatic rings. The Balaban J connectivity index is 4.06. The molecule has 0 rings (SSSR count). The van der Waals surface area contributed by atoms with Gasteiger partial charge in [0.1, 0.15) is 13.2 Å². The average molecular weight is 1090 g/mol. The smallest absolute Gasteiger partial charge is 0.306 e. The molecule has 0 aliphatic heterocycles. The van der Waals surface area contributed by atoms with Crippen LogP contribution in [0.3, 0.4) is 0 Å². The SMILES string of the molecule is CC/C=C\C/C=C\C/C=C\C/C=C\C/C=C\C/C=C\CCCCCCCCCCCCCCC(=O)OCC(COC(=O)CCCCCCC)OC(=O)CCCCCCCCCCC/C=C\C/C=C\C/C=C\C/C=C\C/C=C\CC. The summed E-state index contributed by atoms with van der Waals surface area (Å²) in [5, 5.41) is 0. The topological polar surface area (TPSA) is 78.9 Å². The number of carbonyl (C=O) groups excluding carboxylic acids is 3. The Kier molecular flexibility index (Phi) is 62.3. The van der Waals surface area contributed by atoms with Crippen molar-refractivity contribution < 1.29 is 28.6 Å². The molecule has 79 heavy (non-hydrogen) atoms. The monoisotopic (exact) mass is 1090 g/mol. The number of allylic oxidation sites excluding steroid dienone is 22. The van der Waals surface area contributed by atoms with Gasteiger partial charge in [0.25, 0.3) is 0 Å². The van der Waals surface area contributed by atoms with Gasteiger partial charge in [-0.15, -0.1) is 0 Å². The Hall–Kier alpha value is -4.45. The molecule has 0 saturated heterocycles. The fourth-order valence-electron chi connectivity index (χ4n) is 8.83. The molecule has 0 N–H and O–H groups in total. The van der Waals surface area contributed by atoms with Gasteiger partial charge in [-0.2, -0.15) is 0 Å². The molecule has 0 aromatic carbocycles. The van der Waals surface area contributed by atoms with Crippen molar-refractivity contribution in [3.63, 3.8) is 0 Å². The third kappa shape index (κ3) is 64.3. The van der Waals surface area contributed by atoms with Gasteiger partial charge in [-0.05, 0) is 116 Å². The summed E-state index contributed by atoms with van der Waals surface area (Å²) in [6.07, 6.45) is 93.7. The highest BCUT2D eigenvalue weighted by molar-refractivity contribution is 5.71. The highest BCUT2D eigenvalue weighted by atomic mass is 16.6. The molecule has 0 bridgehead atoms. The molecule has 6 heteroatoms. The van der Waals surface area contributed by atoms with Gasteiger partial charge in [-0.1, -0.05) is 289 Å². The van der Waals surface area contributed by atoms with Crippen molar-refractivity contribution >= 4 is 17.9 Å². The first-order chi connectivity index (χ1) is 39.0. The molecule has 0 amide bonds. The van der Waals surface area contributed by atoms with Crippen molar-refractivity contribution in [2.24, 2.45) is 0 Å². The number of hydrogen-bond acceptors (Lipinski definition) is 6. The first-order valence-electron chi connectivity index (χ1n) is 32.7. The van der Waals surface area contributed by atoms with Crippen molar-refractivity contribution in [2.45, 2.75) is 297 Å². The maximum Gasteiger partial charge on any atom is 0.306 e. The zero-order chi connectivity index (χ0) is 57.1. The van der Waals surface area contributed by atoms with Crippen LogP contribution in [0.15, 0.2) is 134 Å². The molecule has 0 aliphatic carbocycles. The summed E-state index contributed by atoms with van der Waals surface area (Å²) in [4.78, 5) is 38.0. The van der Waals surface area contributed by atoms with Gasteiger partial charge < -0.3 is 14.2 Å². The molecule has 1 atom stereocenters. The van der Waals surface area contributed by atoms with E-state index in [1.54, 1.807) is 0 Å². The molecule has 448 valence electrons. The third-order valence-corrected chi connectivity index (χ3v) is 13.7. The largest absolute Gasteiger partial charge is 0.462 e. The first kappa shape index (κ1) is 74.5. The van der Waals surface area contributed by atoms with Gasteiger partial charge in [0.2, 0.25) is 0 Å². The standard InChI is InChI=1S/C73H120O6/c1-4-7-10-13-15-17-19-21-23-25-27-29-31-33-34-35-36-37-38-40-41-43-45-47-49-51-53-55-57-60-63-66-72(75)78-69-70(68-77-71(74)65-62-59-12-9-6-3)79-73(76)67-64-61-58-56-54-52-50-48-46-44-42-39-32-30-28-26-24-22-20-18-16-14-11-8-5-2/h7-8,10-11,15-18,21-24,27-30,33-34,36-37,39,42,70H,4-6,9,12-14,19-20,25-26,31-32,35,38,40-41,43-69H2,1-3H3/b10-7-,11-8-,17-15-,18-16-,23-21-,24-22-,29-27-,30-28-,34-33-,37-36-,42-39-. The molecule has 0 radical (unpaired) electrons. The molecule has 1 unspecified atom stereocenters. The predicted molar refractivity (Wildman–Crippen MR) is 343 cm³/mol. The molecule has 0 aromatic heterocycles. The summed E-state index contributed by atoms with van der Waals surface area (Å²) in [5.74, 6) is -0.902. The van der Waals surface area contributed by atoms with E-state index in [9.17, 15) is 14.4 Å². The molecule has 0 fully saturated rings. The maximum absolute atomic E-state index is 12.8. The van der Waals surface area contributed by atoms with Crippen LogP contribution in [0.25, 0.3) is 0 Å². The highest BCUT2D eigenvalue weighted by Gasteiger charge is 2.19. The van der Waals surface area contributed by atoms with E-state index >= 15 is 0 Å². The fourth-order valence-corrected chi connectivity index (χ4v) is 8.83. The average Bonchev–Trinajstić information content (AvgIpc) is 3.45. The van der Waals surface area contributed by atoms with Crippen LogP contribution in [0, 0.1) is 0 Å². The molecule has 0 heterocycles. The van der Waals surface area contributed by atoms with Crippen LogP contribution >= 0.6 is 0 Å². The van der Waals surface area contributed by atoms with E-state index in [0.717, 1.165) is 141 Å². The number of unbranched alkanes of at least 4 members (excludes halogenated alkanes) is 25. The van der Waals surface area contributed by atoms with Crippen LogP contribution < -0.4 is 0 Å². The fraction of sp³-hybridized carbons (Fsp3) is 0.658. The van der Waals surface area contributed by atoms with Crippen molar-refractivity contribution in [3.8, 4) is 0 Å². The van der Waals surface area contributed by atoms with E-state index in [-0.39, 0.29) is 31.1 Å². The van der Waals surface area contributed by atoms with Gasteiger partial charge in [0.15, 0.2) is 6.10 Å². The van der Waals surface area contributed by atoms with Crippen molar-refractivity contribution in [3.05, 3.63) is 134 Å². The summed E-state index contributed by atoms with van der Waals surface area (Å²) in [7, 11) is 0. The second-order valence-corrected chi connectivity index (χ2v) is 21.3. The van der Waals surface area contributed by atoms with Crippen LogP contribution in [-0.4, -0.2) is 37.2 Å². The minimum atomic E-state index is -0.783. The minimum Gasteiger partial charge on any atom is -0.462 e. The zero-order valence-electron chi connectivity index (χ0n) is 51.3. The summed E-state index contributed by atoms with van der Waals surface area (Å²) < 4.78 is 16.8. The van der Waals surface area contributed by atoms with E-state index < -0.39 is 6.10 Å². The van der Waals surface area contributed by atoms with Crippen LogP contribution in [-0.2, 0) is 28.6 Å². The van der Waals surface area contributed by atoms with E-state index in [2.05, 4.69) is 154 Å². The van der Waals surface area contributed by atoms with E-state index in [1.165, 1.54) is 109 Å². The van der Waals surface area contributed by atoms with E-state index in [0.29, 0.717) is 19.3 Å². The molecule has 0 saturated carbocycles. The highest BCUT2D eigenvalue weighted by Crippen LogP contribution is 2.16. The lowest BCUT2D eigenvalue weighted by atomic mass is 10.0. The Morgan fingerprint density at radius 1 is 0.266 bits per heavy atom. The van der Waals surface area contributed by atoms with Crippen LogP contribution in [0.5, 0.6) is 0 Å². The second kappa shape index (κ2) is 66.1. The number of esters is 3. The minimum absolute atomic E-state index is 0.0831. The Labute approximate surface area is 487 Å². The van der Waals surface area contributed by atoms with Gasteiger partial charge >= 0.3 is 17.9 Å². The summed E-state index contributed by atoms with van der Waals surface area (Å²) >= 11 is 0. The van der Waals surface area contributed by atoms with E-state index in [4.69, 9.17) is 14.2 Å². The summed E-state index contributed by atoms with van der Waals surface area (Å²) in [6.45, 7) is 6.33. The van der Waals surface area contributed by atoms with Crippen molar-refractivity contribution in [2.75, 3.05) is 13.2 Å². The van der Waals surface area contributed by atoms with Crippen molar-refractivity contribution in [1.29, 1.82) is 0 Å². The zero-order valence-corrected chi connectivity index (χ0v) is 51.3. The molecule has 6 nitrogen and oxygen atoms in total. The van der Waals surface area contributed by atoms with Gasteiger partial charge in [0, 0.05) is 19.3 Å².